The normalized spacial score (nSPS) is 24.3. The van der Waals surface area contributed by atoms with Crippen LogP contribution >= 0.6 is 0 Å². The maximum atomic E-state index is 12.5. The van der Waals surface area contributed by atoms with Crippen LogP contribution in [0.4, 0.5) is 5.69 Å². The van der Waals surface area contributed by atoms with E-state index in [1.54, 1.807) is 18.3 Å². The highest BCUT2D eigenvalue weighted by atomic mass is 16.4. The number of aromatic nitrogens is 1. The Morgan fingerprint density at radius 3 is 2.54 bits per heavy atom. The summed E-state index contributed by atoms with van der Waals surface area (Å²) in [7, 11) is 0. The topological polar surface area (TPSA) is 87.5 Å². The largest absolute Gasteiger partial charge is 0.432 e. The molecule has 2 aromatic rings. The van der Waals surface area contributed by atoms with Gasteiger partial charge >= 0.3 is 5.91 Å². The Bertz CT molecular complexity index is 806. The molecule has 7 heteroatoms. The monoisotopic (exact) mass is 354 g/mol. The molecule has 2 bridgehead atoms. The Morgan fingerprint density at radius 1 is 1.19 bits per heavy atom. The summed E-state index contributed by atoms with van der Waals surface area (Å²) >= 11 is 0. The lowest BCUT2D eigenvalue weighted by Crippen LogP contribution is -2.57. The third-order valence-electron chi connectivity index (χ3n) is 5.16. The smallest absolute Gasteiger partial charge is 0.307 e. The van der Waals surface area contributed by atoms with E-state index in [1.165, 1.54) is 6.92 Å². The predicted molar refractivity (Wildman–Crippen MR) is 96.7 cm³/mol. The van der Waals surface area contributed by atoms with Crippen LogP contribution in [0.25, 0.3) is 11.3 Å². The minimum Gasteiger partial charge on any atom is -0.432 e. The molecule has 0 unspecified atom stereocenters. The Hall–Kier alpha value is -2.67. The van der Waals surface area contributed by atoms with Crippen LogP contribution in [0.1, 0.15) is 30.5 Å². The molecule has 0 spiro atoms. The molecule has 26 heavy (non-hydrogen) atoms. The summed E-state index contributed by atoms with van der Waals surface area (Å²) in [5.74, 6) is 0.787. The maximum Gasteiger partial charge on any atom is 0.307 e. The number of nitrogens with zero attached hydrogens (tertiary/aromatic N) is 2. The van der Waals surface area contributed by atoms with Crippen molar-refractivity contribution in [2.24, 2.45) is 5.92 Å². The van der Waals surface area contributed by atoms with Gasteiger partial charge < -0.3 is 20.0 Å². The van der Waals surface area contributed by atoms with Gasteiger partial charge in [-0.1, -0.05) is 0 Å². The van der Waals surface area contributed by atoms with Crippen molar-refractivity contribution in [3.8, 4) is 11.3 Å². The number of oxazole rings is 1. The first-order valence-corrected chi connectivity index (χ1v) is 8.95. The number of carbonyl (C=O) groups excluding carboxylic acids is 2. The van der Waals surface area contributed by atoms with Crippen molar-refractivity contribution in [2.45, 2.75) is 25.8 Å². The lowest BCUT2D eigenvalue weighted by atomic mass is 9.84. The molecule has 3 saturated heterocycles. The van der Waals surface area contributed by atoms with E-state index in [0.717, 1.165) is 38.0 Å². The molecule has 7 nitrogen and oxygen atoms in total. The number of rotatable bonds is 4. The molecular weight excluding hydrogens is 332 g/mol. The van der Waals surface area contributed by atoms with Crippen molar-refractivity contribution >= 4 is 17.5 Å². The van der Waals surface area contributed by atoms with Gasteiger partial charge in [-0.05, 0) is 56.1 Å². The first kappa shape index (κ1) is 16.8. The summed E-state index contributed by atoms with van der Waals surface area (Å²) < 4.78 is 5.65. The highest BCUT2D eigenvalue weighted by Crippen LogP contribution is 2.28. The molecule has 3 fully saturated rings. The number of carbonyl (C=O) groups is 2. The molecule has 0 aliphatic carbocycles. The molecular formula is C19H22N4O3. The van der Waals surface area contributed by atoms with Gasteiger partial charge in [-0.2, -0.15) is 0 Å². The lowest BCUT2D eigenvalue weighted by molar-refractivity contribution is -0.114. The summed E-state index contributed by atoms with van der Waals surface area (Å²) in [6.45, 7) is 4.64. The van der Waals surface area contributed by atoms with E-state index in [9.17, 15) is 9.59 Å². The van der Waals surface area contributed by atoms with Crippen molar-refractivity contribution in [3.05, 3.63) is 36.4 Å². The van der Waals surface area contributed by atoms with Gasteiger partial charge in [0.1, 0.15) is 0 Å². The molecule has 2 amide bonds. The summed E-state index contributed by atoms with van der Waals surface area (Å²) in [6.07, 6.45) is 3.84. The quantitative estimate of drug-likeness (QED) is 0.878. The molecule has 3 aliphatic rings. The molecule has 0 saturated carbocycles. The number of hydrogen-bond donors (Lipinski definition) is 2. The van der Waals surface area contributed by atoms with Gasteiger partial charge in [0, 0.05) is 30.8 Å². The second-order valence-electron chi connectivity index (χ2n) is 7.01. The number of fused-ring (bicyclic) bond motifs is 3. The van der Waals surface area contributed by atoms with Gasteiger partial charge in [0.25, 0.3) is 5.89 Å². The van der Waals surface area contributed by atoms with Crippen LogP contribution < -0.4 is 10.6 Å². The van der Waals surface area contributed by atoms with E-state index in [1.807, 2.05) is 12.1 Å². The molecule has 0 radical (unpaired) electrons. The summed E-state index contributed by atoms with van der Waals surface area (Å²) in [6, 6.07) is 7.39. The zero-order valence-corrected chi connectivity index (χ0v) is 14.7. The van der Waals surface area contributed by atoms with Gasteiger partial charge in [0.15, 0.2) is 5.76 Å². The minimum atomic E-state index is -0.259. The van der Waals surface area contributed by atoms with Crippen molar-refractivity contribution in [2.75, 3.05) is 25.0 Å². The molecule has 1 atom stereocenters. The van der Waals surface area contributed by atoms with Crippen molar-refractivity contribution in [1.82, 2.24) is 15.2 Å². The van der Waals surface area contributed by atoms with Gasteiger partial charge in [0.05, 0.1) is 6.20 Å². The molecule has 2 N–H and O–H groups in total. The molecule has 1 aromatic heterocycles. The fourth-order valence-corrected chi connectivity index (χ4v) is 3.79. The number of nitrogens with one attached hydrogen (secondary N) is 2. The Morgan fingerprint density at radius 2 is 1.92 bits per heavy atom. The maximum absolute atomic E-state index is 12.5. The number of anilines is 1. The van der Waals surface area contributed by atoms with Crippen LogP contribution in [0.3, 0.4) is 0 Å². The Labute approximate surface area is 151 Å². The minimum absolute atomic E-state index is 0.0855. The van der Waals surface area contributed by atoms with Crippen molar-refractivity contribution < 1.29 is 14.0 Å². The van der Waals surface area contributed by atoms with Crippen LogP contribution in [-0.2, 0) is 4.79 Å². The molecule has 136 valence electrons. The van der Waals surface area contributed by atoms with E-state index >= 15 is 0 Å². The van der Waals surface area contributed by atoms with E-state index in [0.29, 0.717) is 17.4 Å². The van der Waals surface area contributed by atoms with Crippen LogP contribution in [0.2, 0.25) is 0 Å². The first-order valence-electron chi connectivity index (χ1n) is 8.95. The fraction of sp³-hybridized carbons (Fsp3) is 0.421. The number of benzene rings is 1. The number of amides is 2. The number of piperidine rings is 3. The van der Waals surface area contributed by atoms with Gasteiger partial charge in [-0.25, -0.2) is 4.98 Å². The van der Waals surface area contributed by atoms with E-state index in [2.05, 4.69) is 20.5 Å². The Kier molecular flexibility index (Phi) is 4.46. The zero-order valence-electron chi connectivity index (χ0n) is 14.7. The summed E-state index contributed by atoms with van der Waals surface area (Å²) in [5.41, 5.74) is 1.51. The van der Waals surface area contributed by atoms with Crippen LogP contribution in [0, 0.1) is 5.92 Å². The average molecular weight is 354 g/mol. The van der Waals surface area contributed by atoms with E-state index in [4.69, 9.17) is 4.42 Å². The van der Waals surface area contributed by atoms with Gasteiger partial charge in [0.2, 0.25) is 5.91 Å². The van der Waals surface area contributed by atoms with Gasteiger partial charge in [-0.15, -0.1) is 0 Å². The second-order valence-corrected chi connectivity index (χ2v) is 7.01. The van der Waals surface area contributed by atoms with E-state index in [-0.39, 0.29) is 23.7 Å². The zero-order chi connectivity index (χ0) is 18.1. The standard InChI is InChI=1S/C19H22N4O3/c1-12(24)21-15-4-2-14(3-5-15)17-10-20-19(26-17)18(25)22-16-11-23-8-6-13(16)7-9-23/h2-5,10,13,16H,6-9,11H2,1H3,(H,21,24)(H,22,25)/t16-/m0/s1. The van der Waals surface area contributed by atoms with E-state index < -0.39 is 0 Å². The third-order valence-corrected chi connectivity index (χ3v) is 5.16. The molecule has 3 aliphatic heterocycles. The SMILES string of the molecule is CC(=O)Nc1ccc(-c2cnc(C(=O)N[C@H]3CN4CCC3CC4)o2)cc1. The predicted octanol–water partition coefficient (Wildman–Crippen LogP) is 2.12. The van der Waals surface area contributed by atoms with Crippen LogP contribution in [-0.4, -0.2) is 47.4 Å². The highest BCUT2D eigenvalue weighted by molar-refractivity contribution is 5.90. The highest BCUT2D eigenvalue weighted by Gasteiger charge is 2.35. The summed E-state index contributed by atoms with van der Waals surface area (Å²) in [4.78, 5) is 30.1. The average Bonchev–Trinajstić information content (AvgIpc) is 3.13. The van der Waals surface area contributed by atoms with Gasteiger partial charge in [-0.3, -0.25) is 9.59 Å². The van der Waals surface area contributed by atoms with Crippen molar-refractivity contribution in [1.29, 1.82) is 0 Å². The lowest BCUT2D eigenvalue weighted by Gasteiger charge is -2.44. The second kappa shape index (κ2) is 6.92. The summed E-state index contributed by atoms with van der Waals surface area (Å²) in [5, 5.41) is 5.79. The molecule has 5 rings (SSSR count). The molecule has 4 heterocycles. The van der Waals surface area contributed by atoms with Crippen LogP contribution in [0.15, 0.2) is 34.9 Å². The molecule has 1 aromatic carbocycles. The van der Waals surface area contributed by atoms with Crippen LogP contribution in [0.5, 0.6) is 0 Å². The first-order chi connectivity index (χ1) is 12.6. The Balaban J connectivity index is 1.42. The number of hydrogen-bond acceptors (Lipinski definition) is 5. The fourth-order valence-electron chi connectivity index (χ4n) is 3.79. The van der Waals surface area contributed by atoms with Crippen molar-refractivity contribution in [3.63, 3.8) is 0 Å². The third kappa shape index (κ3) is 3.48.